The van der Waals surface area contributed by atoms with Crippen LogP contribution >= 0.6 is 34.3 Å². The summed E-state index contributed by atoms with van der Waals surface area (Å²) in [6, 6.07) is 15.8. The van der Waals surface area contributed by atoms with Gasteiger partial charge in [-0.2, -0.15) is 0 Å². The minimum absolute atomic E-state index is 0.126. The van der Waals surface area contributed by atoms with Gasteiger partial charge in [0.15, 0.2) is 0 Å². The van der Waals surface area contributed by atoms with Crippen molar-refractivity contribution in [3.8, 4) is 0 Å². The topological polar surface area (TPSA) is 49.8 Å². The van der Waals surface area contributed by atoms with Gasteiger partial charge in [0, 0.05) is 17.0 Å². The van der Waals surface area contributed by atoms with Crippen molar-refractivity contribution in [2.45, 2.75) is 49.9 Å². The summed E-state index contributed by atoms with van der Waals surface area (Å²) in [6.45, 7) is 0.995. The maximum atomic E-state index is 13.5. The van der Waals surface area contributed by atoms with E-state index < -0.39 is 11.6 Å². The van der Waals surface area contributed by atoms with E-state index in [-0.39, 0.29) is 6.10 Å². The fourth-order valence-electron chi connectivity index (χ4n) is 5.81. The summed E-state index contributed by atoms with van der Waals surface area (Å²) in [5.41, 5.74) is -0.468. The van der Waals surface area contributed by atoms with E-state index in [1.165, 1.54) is 28.2 Å². The third-order valence-electron chi connectivity index (χ3n) is 7.52. The second kappa shape index (κ2) is 10.1. The Morgan fingerprint density at radius 1 is 1.15 bits per heavy atom. The number of benzene rings is 1. The predicted octanol–water partition coefficient (Wildman–Crippen LogP) is 5.97. The first kappa shape index (κ1) is 24.0. The zero-order valence-corrected chi connectivity index (χ0v) is 21.6. The molecule has 2 saturated carbocycles. The number of rotatable bonds is 9. The zero-order valence-electron chi connectivity index (χ0n) is 19.2. The van der Waals surface area contributed by atoms with Crippen molar-refractivity contribution in [2.75, 3.05) is 13.6 Å². The van der Waals surface area contributed by atoms with E-state index in [9.17, 15) is 9.90 Å². The van der Waals surface area contributed by atoms with Gasteiger partial charge in [-0.15, -0.1) is 22.7 Å². The quantitative estimate of drug-likeness (QED) is 0.356. The van der Waals surface area contributed by atoms with Gasteiger partial charge < -0.3 is 14.7 Å². The van der Waals surface area contributed by atoms with Crippen LogP contribution in [0.3, 0.4) is 0 Å². The fourth-order valence-corrected chi connectivity index (χ4v) is 7.74. The summed E-state index contributed by atoms with van der Waals surface area (Å²) in [7, 11) is 2.19. The highest BCUT2D eigenvalue weighted by molar-refractivity contribution is 7.12. The standard InChI is InChI=1S/C27H30ClNO3S2/c1-29(13-3-7-18-6-2-8-20(28)16-18)22-17-19-11-12-21(22)25(19)32-26(30)27(31,23-9-4-14-33-23)24-10-5-15-34-24/h2,4-6,8-10,14-16,19,21-22,25,31H,3,7,11-13,17H2,1H3. The molecule has 180 valence electrons. The molecule has 7 heteroatoms. The highest BCUT2D eigenvalue weighted by atomic mass is 35.5. The summed E-state index contributed by atoms with van der Waals surface area (Å²) >= 11 is 8.89. The Morgan fingerprint density at radius 2 is 1.88 bits per heavy atom. The molecular weight excluding hydrogens is 486 g/mol. The average molecular weight is 516 g/mol. The minimum Gasteiger partial charge on any atom is -0.459 e. The molecule has 2 fully saturated rings. The first-order valence-electron chi connectivity index (χ1n) is 11.9. The van der Waals surface area contributed by atoms with Crippen LogP contribution in [0.1, 0.15) is 41.0 Å². The molecule has 0 spiro atoms. The molecule has 2 aliphatic carbocycles. The molecule has 2 heterocycles. The highest BCUT2D eigenvalue weighted by Crippen LogP contribution is 2.49. The van der Waals surface area contributed by atoms with Gasteiger partial charge in [0.05, 0.1) is 9.75 Å². The lowest BCUT2D eigenvalue weighted by Gasteiger charge is -2.32. The minimum atomic E-state index is -1.73. The number of fused-ring (bicyclic) bond motifs is 2. The summed E-state index contributed by atoms with van der Waals surface area (Å²) in [4.78, 5) is 17.2. The molecule has 0 saturated heterocycles. The summed E-state index contributed by atoms with van der Waals surface area (Å²) < 4.78 is 6.16. The molecule has 3 aromatic rings. The Balaban J connectivity index is 1.23. The molecule has 0 radical (unpaired) electrons. The van der Waals surface area contributed by atoms with Crippen LogP contribution in [-0.2, 0) is 21.6 Å². The molecule has 1 N–H and O–H groups in total. The molecule has 2 bridgehead atoms. The van der Waals surface area contributed by atoms with Crippen LogP contribution in [0, 0.1) is 11.8 Å². The van der Waals surface area contributed by atoms with Crippen molar-refractivity contribution in [3.63, 3.8) is 0 Å². The van der Waals surface area contributed by atoms with Crippen LogP contribution in [0.2, 0.25) is 5.02 Å². The van der Waals surface area contributed by atoms with E-state index in [0.717, 1.165) is 43.7 Å². The number of halogens is 1. The summed E-state index contributed by atoms with van der Waals surface area (Å²) in [5, 5.41) is 16.2. The predicted molar refractivity (Wildman–Crippen MR) is 139 cm³/mol. The molecule has 4 atom stereocenters. The average Bonchev–Trinajstić information content (AvgIpc) is 3.64. The number of aryl methyl sites for hydroxylation is 1. The largest absolute Gasteiger partial charge is 0.459 e. The van der Waals surface area contributed by atoms with Crippen LogP contribution < -0.4 is 0 Å². The SMILES string of the molecule is CN(CCCc1cccc(Cl)c1)C1CC2CCC1C2OC(=O)C(O)(c1cccs1)c1cccs1. The van der Waals surface area contributed by atoms with Crippen molar-refractivity contribution < 1.29 is 14.6 Å². The molecule has 5 rings (SSSR count). The van der Waals surface area contributed by atoms with Gasteiger partial charge in [0.1, 0.15) is 6.10 Å². The number of carbonyl (C=O) groups excluding carboxylic acids is 1. The van der Waals surface area contributed by atoms with Crippen LogP contribution in [0.25, 0.3) is 0 Å². The van der Waals surface area contributed by atoms with Gasteiger partial charge in [0.2, 0.25) is 5.60 Å². The van der Waals surface area contributed by atoms with E-state index >= 15 is 0 Å². The lowest BCUT2D eigenvalue weighted by molar-refractivity contribution is -0.170. The second-order valence-corrected chi connectivity index (χ2v) is 11.9. The van der Waals surface area contributed by atoms with E-state index in [2.05, 4.69) is 18.0 Å². The molecule has 4 nitrogen and oxygen atoms in total. The number of nitrogens with zero attached hydrogens (tertiary/aromatic N) is 1. The lowest BCUT2D eigenvalue weighted by atomic mass is 9.94. The Labute approximate surface area is 214 Å². The smallest absolute Gasteiger partial charge is 0.349 e. The van der Waals surface area contributed by atoms with Crippen LogP contribution in [0.5, 0.6) is 0 Å². The number of thiophene rings is 2. The maximum Gasteiger partial charge on any atom is 0.349 e. The highest BCUT2D eigenvalue weighted by Gasteiger charge is 2.54. The van der Waals surface area contributed by atoms with Crippen LogP contribution in [0.4, 0.5) is 0 Å². The summed E-state index contributed by atoms with van der Waals surface area (Å²) in [5.74, 6) is 0.148. The van der Waals surface area contributed by atoms with Crippen molar-refractivity contribution in [1.82, 2.24) is 4.90 Å². The zero-order chi connectivity index (χ0) is 23.7. The molecule has 0 aliphatic heterocycles. The van der Waals surface area contributed by atoms with E-state index in [4.69, 9.17) is 16.3 Å². The fraction of sp³-hybridized carbons (Fsp3) is 0.444. The number of hydrogen-bond donors (Lipinski definition) is 1. The Hall–Kier alpha value is -1.70. The molecule has 2 aliphatic rings. The van der Waals surface area contributed by atoms with Crippen LogP contribution in [0.15, 0.2) is 59.3 Å². The third kappa shape index (κ3) is 4.59. The van der Waals surface area contributed by atoms with Gasteiger partial charge >= 0.3 is 5.97 Å². The van der Waals surface area contributed by atoms with Gasteiger partial charge in [-0.3, -0.25) is 0 Å². The van der Waals surface area contributed by atoms with Crippen molar-refractivity contribution in [3.05, 3.63) is 79.6 Å². The van der Waals surface area contributed by atoms with Crippen LogP contribution in [-0.4, -0.2) is 41.7 Å². The first-order chi connectivity index (χ1) is 16.5. The molecule has 34 heavy (non-hydrogen) atoms. The van der Waals surface area contributed by atoms with Crippen molar-refractivity contribution in [2.24, 2.45) is 11.8 Å². The van der Waals surface area contributed by atoms with Crippen molar-refractivity contribution >= 4 is 40.2 Å². The number of carbonyl (C=O) groups is 1. The molecule has 4 unspecified atom stereocenters. The third-order valence-corrected chi connectivity index (χ3v) is 9.71. The van der Waals surface area contributed by atoms with Gasteiger partial charge in [-0.05, 0) is 92.2 Å². The molecule has 2 aromatic heterocycles. The molecule has 0 amide bonds. The molecular formula is C27H30ClNO3S2. The van der Waals surface area contributed by atoms with Gasteiger partial charge in [0.25, 0.3) is 0 Å². The van der Waals surface area contributed by atoms with Crippen molar-refractivity contribution in [1.29, 1.82) is 0 Å². The van der Waals surface area contributed by atoms with Gasteiger partial charge in [-0.25, -0.2) is 4.79 Å². The van der Waals surface area contributed by atoms with E-state index in [0.29, 0.717) is 27.6 Å². The number of aliphatic hydroxyl groups is 1. The summed E-state index contributed by atoms with van der Waals surface area (Å²) in [6.07, 6.45) is 5.14. The Morgan fingerprint density at radius 3 is 2.53 bits per heavy atom. The number of esters is 1. The number of hydrogen-bond acceptors (Lipinski definition) is 6. The second-order valence-electron chi connectivity index (χ2n) is 9.55. The van der Waals surface area contributed by atoms with Gasteiger partial charge in [-0.1, -0.05) is 35.9 Å². The molecule has 1 aromatic carbocycles. The monoisotopic (exact) mass is 515 g/mol. The number of ether oxygens (including phenoxy) is 1. The normalized spacial score (nSPS) is 24.1. The lowest BCUT2D eigenvalue weighted by Crippen LogP contribution is -2.42. The van der Waals surface area contributed by atoms with E-state index in [1.807, 2.05) is 53.2 Å². The Kier molecular flexibility index (Phi) is 7.14. The maximum absolute atomic E-state index is 13.5. The Bertz CT molecular complexity index is 1070. The van der Waals surface area contributed by atoms with E-state index in [1.54, 1.807) is 0 Å². The first-order valence-corrected chi connectivity index (χ1v) is 14.1.